The molecule has 0 saturated carbocycles. The number of fused-ring (bicyclic) bond motifs is 1. The summed E-state index contributed by atoms with van der Waals surface area (Å²) in [6.07, 6.45) is 4.16. The van der Waals surface area contributed by atoms with Crippen LogP contribution < -0.4 is 10.2 Å². The number of anilines is 1. The maximum Gasteiger partial charge on any atom is 0.290 e. The van der Waals surface area contributed by atoms with Gasteiger partial charge in [0, 0.05) is 25.3 Å². The highest BCUT2D eigenvalue weighted by Crippen LogP contribution is 2.48. The largest absolute Gasteiger partial charge is 0.377 e. The fraction of sp³-hybridized carbons (Fsp3) is 0.407. The molecule has 1 N–H and O–H groups in total. The van der Waals surface area contributed by atoms with Crippen molar-refractivity contribution in [1.82, 2.24) is 5.32 Å². The van der Waals surface area contributed by atoms with Crippen LogP contribution in [-0.4, -0.2) is 25.2 Å². The van der Waals surface area contributed by atoms with E-state index >= 15 is 0 Å². The van der Waals surface area contributed by atoms with E-state index in [1.807, 2.05) is 6.07 Å². The second-order valence-corrected chi connectivity index (χ2v) is 11.5. The Morgan fingerprint density at radius 2 is 1.56 bits per heavy atom. The van der Waals surface area contributed by atoms with Crippen molar-refractivity contribution in [2.75, 3.05) is 19.0 Å². The lowest BCUT2D eigenvalue weighted by atomic mass is 9.62. The van der Waals surface area contributed by atoms with Crippen LogP contribution in [0.1, 0.15) is 62.8 Å². The number of benzene rings is 2. The molecule has 0 aromatic heterocycles. The molecule has 1 saturated heterocycles. The molecule has 1 aliphatic heterocycles. The van der Waals surface area contributed by atoms with Crippen LogP contribution in [0.25, 0.3) is 17.2 Å². The first-order valence-corrected chi connectivity index (χ1v) is 11.9. The molecule has 1 fully saturated rings. The van der Waals surface area contributed by atoms with Gasteiger partial charge in [-0.05, 0) is 94.4 Å². The summed E-state index contributed by atoms with van der Waals surface area (Å²) in [7, 11) is 4.10. The Bertz CT molecular complexity index is 1160. The lowest BCUT2D eigenvalue weighted by Gasteiger charge is -2.42. The Morgan fingerprint density at radius 3 is 2.12 bits per heavy atom. The number of carbonyl (C=O) groups is 2. The predicted octanol–water partition coefficient (Wildman–Crippen LogP) is 6.40. The number of nitrogens with zero attached hydrogens (tertiary/aromatic N) is 1. The Hall–Kier alpha value is -2.53. The summed E-state index contributed by atoms with van der Waals surface area (Å²) in [5, 5.41) is 2.01. The monoisotopic (exact) mass is 448 g/mol. The summed E-state index contributed by atoms with van der Waals surface area (Å²) in [5.74, 6) is -0.327. The Morgan fingerprint density at radius 1 is 0.938 bits per heavy atom. The van der Waals surface area contributed by atoms with Gasteiger partial charge in [0.2, 0.25) is 0 Å². The first-order chi connectivity index (χ1) is 14.9. The van der Waals surface area contributed by atoms with Crippen LogP contribution in [0, 0.1) is 6.92 Å². The zero-order valence-corrected chi connectivity index (χ0v) is 20.9. The van der Waals surface area contributed by atoms with Gasteiger partial charge in [-0.25, -0.2) is 0 Å². The maximum atomic E-state index is 12.0. The quantitative estimate of drug-likeness (QED) is 0.552. The van der Waals surface area contributed by atoms with E-state index in [0.29, 0.717) is 4.91 Å². The third kappa shape index (κ3) is 3.99. The summed E-state index contributed by atoms with van der Waals surface area (Å²) in [4.78, 5) is 26.2. The first-order valence-electron chi connectivity index (χ1n) is 11.1. The van der Waals surface area contributed by atoms with Gasteiger partial charge in [0.25, 0.3) is 11.1 Å². The Labute approximate surface area is 195 Å². The number of carbonyl (C=O) groups excluding carboxylic acids is 2. The SMILES string of the molecule is Cc1cc2c(cc1-c1cc(/C=C3/SC(=O)NC3=O)ccc1N(C)C)C(C)(C)CCC2(C)C. The molecule has 32 heavy (non-hydrogen) atoms. The van der Waals surface area contributed by atoms with Crippen LogP contribution in [0.15, 0.2) is 35.2 Å². The summed E-state index contributed by atoms with van der Waals surface area (Å²) >= 11 is 0.953. The van der Waals surface area contributed by atoms with Gasteiger partial charge in [-0.15, -0.1) is 0 Å². The molecule has 4 nitrogen and oxygen atoms in total. The van der Waals surface area contributed by atoms with Crippen LogP contribution >= 0.6 is 11.8 Å². The second kappa shape index (κ2) is 7.80. The van der Waals surface area contributed by atoms with E-state index in [-0.39, 0.29) is 22.0 Å². The highest BCUT2D eigenvalue weighted by atomic mass is 32.2. The normalized spacial score (nSPS) is 20.3. The molecule has 0 bridgehead atoms. The molecule has 0 atom stereocenters. The first kappa shape index (κ1) is 22.7. The summed E-state index contributed by atoms with van der Waals surface area (Å²) in [6.45, 7) is 11.6. The van der Waals surface area contributed by atoms with Gasteiger partial charge in [0.05, 0.1) is 4.91 Å². The third-order valence-corrected chi connectivity index (χ3v) is 7.74. The molecule has 1 heterocycles. The minimum absolute atomic E-state index is 0.129. The number of hydrogen-bond donors (Lipinski definition) is 1. The fourth-order valence-corrected chi connectivity index (χ4v) is 5.52. The standard InChI is InChI=1S/C27H32N2O2S/c1-16-12-20-21(27(4,5)11-10-26(20,2)3)15-18(16)19-13-17(8-9-22(19)29(6)7)14-23-24(30)28-25(31)32-23/h8-9,12-15H,10-11H2,1-7H3,(H,28,30,31)/b23-14+. The average Bonchev–Trinajstić information content (AvgIpc) is 3.02. The molecule has 2 aromatic carbocycles. The smallest absolute Gasteiger partial charge is 0.290 e. The molecule has 0 radical (unpaired) electrons. The Balaban J connectivity index is 1.90. The van der Waals surface area contributed by atoms with Crippen molar-refractivity contribution in [3.63, 3.8) is 0 Å². The molecule has 1 aliphatic carbocycles. The van der Waals surface area contributed by atoms with Crippen molar-refractivity contribution in [2.24, 2.45) is 0 Å². The molecule has 168 valence electrons. The van der Waals surface area contributed by atoms with Crippen LogP contribution in [0.5, 0.6) is 0 Å². The van der Waals surface area contributed by atoms with E-state index in [0.717, 1.165) is 28.6 Å². The van der Waals surface area contributed by atoms with Crippen LogP contribution in [0.3, 0.4) is 0 Å². The highest BCUT2D eigenvalue weighted by molar-refractivity contribution is 8.18. The molecule has 5 heteroatoms. The number of rotatable bonds is 3. The van der Waals surface area contributed by atoms with Gasteiger partial charge in [0.1, 0.15) is 0 Å². The molecular weight excluding hydrogens is 416 g/mol. The van der Waals surface area contributed by atoms with Crippen LogP contribution in [0.4, 0.5) is 10.5 Å². The number of hydrogen-bond acceptors (Lipinski definition) is 4. The fourth-order valence-electron chi connectivity index (χ4n) is 4.83. The molecule has 0 unspecified atom stereocenters. The van der Waals surface area contributed by atoms with Gasteiger partial charge >= 0.3 is 0 Å². The van der Waals surface area contributed by atoms with Gasteiger partial charge < -0.3 is 4.90 Å². The van der Waals surface area contributed by atoms with Crippen molar-refractivity contribution in [3.8, 4) is 11.1 Å². The molecular formula is C27H32N2O2S. The molecule has 2 aliphatic rings. The second-order valence-electron chi connectivity index (χ2n) is 10.5. The molecule has 0 spiro atoms. The van der Waals surface area contributed by atoms with Crippen LogP contribution in [-0.2, 0) is 15.6 Å². The summed E-state index contributed by atoms with van der Waals surface area (Å²) in [6, 6.07) is 11.0. The predicted molar refractivity (Wildman–Crippen MR) is 135 cm³/mol. The van der Waals surface area contributed by atoms with E-state index < -0.39 is 0 Å². The van der Waals surface area contributed by atoms with E-state index in [9.17, 15) is 9.59 Å². The molecule has 2 aromatic rings. The summed E-state index contributed by atoms with van der Waals surface area (Å²) in [5.41, 5.74) is 8.84. The number of amides is 2. The van der Waals surface area contributed by atoms with Gasteiger partial charge in [-0.2, -0.15) is 0 Å². The highest BCUT2D eigenvalue weighted by Gasteiger charge is 2.37. The number of nitrogens with one attached hydrogen (secondary N) is 1. The maximum absolute atomic E-state index is 12.0. The summed E-state index contributed by atoms with van der Waals surface area (Å²) < 4.78 is 0. The number of thioether (sulfide) groups is 1. The zero-order valence-electron chi connectivity index (χ0n) is 20.1. The lowest BCUT2D eigenvalue weighted by Crippen LogP contribution is -2.34. The van der Waals surface area contributed by atoms with E-state index in [2.05, 4.69) is 83.2 Å². The van der Waals surface area contributed by atoms with Crippen molar-refractivity contribution in [1.29, 1.82) is 0 Å². The minimum Gasteiger partial charge on any atom is -0.377 e. The lowest BCUT2D eigenvalue weighted by molar-refractivity contribution is -0.115. The van der Waals surface area contributed by atoms with Crippen molar-refractivity contribution in [2.45, 2.75) is 58.3 Å². The van der Waals surface area contributed by atoms with Crippen molar-refractivity contribution >= 4 is 34.7 Å². The van der Waals surface area contributed by atoms with Crippen LogP contribution in [0.2, 0.25) is 0 Å². The Kier molecular flexibility index (Phi) is 5.52. The van der Waals surface area contributed by atoms with E-state index in [1.54, 1.807) is 6.08 Å². The average molecular weight is 449 g/mol. The van der Waals surface area contributed by atoms with Crippen molar-refractivity contribution in [3.05, 3.63) is 57.5 Å². The molecule has 4 rings (SSSR count). The number of aryl methyl sites for hydroxylation is 1. The van der Waals surface area contributed by atoms with Gasteiger partial charge in [0.15, 0.2) is 0 Å². The number of imide groups is 1. The topological polar surface area (TPSA) is 49.4 Å². The minimum atomic E-state index is -0.327. The zero-order chi connectivity index (χ0) is 23.4. The van der Waals surface area contributed by atoms with Gasteiger partial charge in [-0.3, -0.25) is 14.9 Å². The third-order valence-electron chi connectivity index (χ3n) is 6.93. The van der Waals surface area contributed by atoms with E-state index in [1.165, 1.54) is 35.1 Å². The van der Waals surface area contributed by atoms with Gasteiger partial charge in [-0.1, -0.05) is 39.8 Å². The van der Waals surface area contributed by atoms with E-state index in [4.69, 9.17) is 0 Å². The molecule has 2 amide bonds. The van der Waals surface area contributed by atoms with Crippen molar-refractivity contribution < 1.29 is 9.59 Å².